The third-order valence-corrected chi connectivity index (χ3v) is 6.16. The fourth-order valence-corrected chi connectivity index (χ4v) is 4.24. The zero-order valence-electron chi connectivity index (χ0n) is 16.4. The van der Waals surface area contributed by atoms with E-state index in [1.54, 1.807) is 26.0 Å². The first kappa shape index (κ1) is 23.8. The second-order valence-electron chi connectivity index (χ2n) is 6.24. The zero-order valence-corrected chi connectivity index (χ0v) is 18.0. The summed E-state index contributed by atoms with van der Waals surface area (Å²) < 4.78 is 58.1. The van der Waals surface area contributed by atoms with Crippen molar-refractivity contribution in [2.75, 3.05) is 16.6 Å². The van der Waals surface area contributed by atoms with Crippen LogP contribution in [0.4, 0.5) is 20.2 Å². The van der Waals surface area contributed by atoms with Crippen LogP contribution in [0.1, 0.15) is 12.5 Å². The molecule has 0 aliphatic carbocycles. The maximum Gasteiger partial charge on any atom is 0.288 e. The SMILES string of the molecule is C=CCOC(C)C(=O)Nc1ccc(C)c(S(=O)(=O)Nc2ccc(SC(F)F)cc2)c1. The van der Waals surface area contributed by atoms with Crippen LogP contribution in [0.15, 0.2) is 64.9 Å². The van der Waals surface area contributed by atoms with Crippen LogP contribution in [-0.2, 0) is 19.6 Å². The molecule has 0 saturated carbocycles. The molecule has 2 N–H and O–H groups in total. The first-order chi connectivity index (χ1) is 14.1. The van der Waals surface area contributed by atoms with Gasteiger partial charge in [-0.2, -0.15) is 8.78 Å². The summed E-state index contributed by atoms with van der Waals surface area (Å²) >= 11 is 0.372. The van der Waals surface area contributed by atoms with Crippen LogP contribution in [-0.4, -0.2) is 32.8 Å². The average molecular weight is 457 g/mol. The van der Waals surface area contributed by atoms with E-state index in [-0.39, 0.29) is 17.2 Å². The summed E-state index contributed by atoms with van der Waals surface area (Å²) in [4.78, 5) is 12.5. The Hall–Kier alpha value is -2.43. The number of rotatable bonds is 10. The Morgan fingerprint density at radius 1 is 1.20 bits per heavy atom. The van der Waals surface area contributed by atoms with E-state index in [1.165, 1.54) is 36.4 Å². The highest BCUT2D eigenvalue weighted by Gasteiger charge is 2.19. The standard InChI is InChI=1S/C20H22F2N2O4S2/c1-4-11-28-14(3)19(25)23-16-6-5-13(2)18(12-16)30(26,27)24-15-7-9-17(10-8-15)29-20(21)22/h4-10,12,14,20,24H,1,11H2,2-3H3,(H,23,25). The molecule has 1 atom stereocenters. The monoisotopic (exact) mass is 456 g/mol. The second kappa shape index (κ2) is 10.6. The second-order valence-corrected chi connectivity index (χ2v) is 8.96. The molecule has 2 aromatic rings. The van der Waals surface area contributed by atoms with Crippen molar-refractivity contribution < 1.29 is 26.7 Å². The number of hydrogen-bond donors (Lipinski definition) is 2. The molecule has 162 valence electrons. The van der Waals surface area contributed by atoms with Crippen LogP contribution >= 0.6 is 11.8 Å². The van der Waals surface area contributed by atoms with E-state index < -0.39 is 27.8 Å². The number of thioether (sulfide) groups is 1. The fraction of sp³-hybridized carbons (Fsp3) is 0.250. The van der Waals surface area contributed by atoms with Gasteiger partial charge in [0.1, 0.15) is 6.10 Å². The predicted octanol–water partition coefficient (Wildman–Crippen LogP) is 4.64. The molecule has 2 aromatic carbocycles. The minimum Gasteiger partial charge on any atom is -0.365 e. The molecule has 2 rings (SSSR count). The summed E-state index contributed by atoms with van der Waals surface area (Å²) in [6, 6.07) is 10.1. The number of hydrogen-bond acceptors (Lipinski definition) is 5. The van der Waals surface area contributed by atoms with Gasteiger partial charge in [0.15, 0.2) is 0 Å². The summed E-state index contributed by atoms with van der Waals surface area (Å²) in [6.07, 6.45) is 0.775. The maximum absolute atomic E-state index is 12.8. The highest BCUT2D eigenvalue weighted by Crippen LogP contribution is 2.28. The molecule has 1 amide bonds. The molecular formula is C20H22F2N2O4S2. The highest BCUT2D eigenvalue weighted by atomic mass is 32.2. The van der Waals surface area contributed by atoms with Crippen LogP contribution in [0, 0.1) is 6.92 Å². The van der Waals surface area contributed by atoms with Crippen LogP contribution in [0.2, 0.25) is 0 Å². The summed E-state index contributed by atoms with van der Waals surface area (Å²) in [5.74, 6) is -2.98. The van der Waals surface area contributed by atoms with Crippen LogP contribution in [0.25, 0.3) is 0 Å². The number of nitrogens with one attached hydrogen (secondary N) is 2. The number of amides is 1. The molecule has 0 fully saturated rings. The predicted molar refractivity (Wildman–Crippen MR) is 115 cm³/mol. The van der Waals surface area contributed by atoms with Gasteiger partial charge >= 0.3 is 0 Å². The molecule has 0 aromatic heterocycles. The van der Waals surface area contributed by atoms with Gasteiger partial charge in [-0.15, -0.1) is 6.58 Å². The maximum atomic E-state index is 12.8. The molecular weight excluding hydrogens is 434 g/mol. The van der Waals surface area contributed by atoms with E-state index in [0.29, 0.717) is 27.9 Å². The lowest BCUT2D eigenvalue weighted by Crippen LogP contribution is -2.28. The number of carbonyl (C=O) groups excluding carboxylic acids is 1. The summed E-state index contributed by atoms with van der Waals surface area (Å²) in [6.45, 7) is 6.92. The molecule has 10 heteroatoms. The van der Waals surface area contributed by atoms with Crippen molar-refractivity contribution in [1.82, 2.24) is 0 Å². The molecule has 6 nitrogen and oxygen atoms in total. The Bertz CT molecular complexity index is 996. The Morgan fingerprint density at radius 2 is 1.83 bits per heavy atom. The molecule has 0 saturated heterocycles. The minimum absolute atomic E-state index is 0.0222. The van der Waals surface area contributed by atoms with E-state index in [1.807, 2.05) is 0 Å². The molecule has 0 aliphatic rings. The fourth-order valence-electron chi connectivity index (χ4n) is 2.41. The third-order valence-electron chi connectivity index (χ3n) is 3.91. The summed E-state index contributed by atoms with van der Waals surface area (Å²) in [7, 11) is -3.97. The zero-order chi connectivity index (χ0) is 22.3. The van der Waals surface area contributed by atoms with Crippen molar-refractivity contribution in [3.8, 4) is 0 Å². The summed E-state index contributed by atoms with van der Waals surface area (Å²) in [5.41, 5.74) is 0.999. The topological polar surface area (TPSA) is 84.5 Å². The van der Waals surface area contributed by atoms with E-state index in [0.717, 1.165) is 0 Å². The van der Waals surface area contributed by atoms with Crippen LogP contribution in [0.3, 0.4) is 0 Å². The van der Waals surface area contributed by atoms with Gasteiger partial charge in [0, 0.05) is 16.3 Å². The number of ether oxygens (including phenoxy) is 1. The molecule has 0 bridgehead atoms. The van der Waals surface area contributed by atoms with Gasteiger partial charge in [-0.1, -0.05) is 23.9 Å². The van der Waals surface area contributed by atoms with Crippen molar-refractivity contribution in [1.29, 1.82) is 0 Å². The third kappa shape index (κ3) is 6.82. The number of anilines is 2. The molecule has 0 spiro atoms. The molecule has 1 unspecified atom stereocenters. The van der Waals surface area contributed by atoms with Crippen molar-refractivity contribution in [2.45, 2.75) is 35.5 Å². The number of sulfonamides is 1. The highest BCUT2D eigenvalue weighted by molar-refractivity contribution is 7.99. The number of carbonyl (C=O) groups is 1. The van der Waals surface area contributed by atoms with Gasteiger partial charge in [-0.05, 0) is 55.8 Å². The molecule has 0 radical (unpaired) electrons. The van der Waals surface area contributed by atoms with Gasteiger partial charge in [0.2, 0.25) is 0 Å². The van der Waals surface area contributed by atoms with Crippen molar-refractivity contribution in [2.24, 2.45) is 0 Å². The summed E-state index contributed by atoms with van der Waals surface area (Å²) in [5, 5.41) is 2.62. The lowest BCUT2D eigenvalue weighted by atomic mass is 10.2. The van der Waals surface area contributed by atoms with E-state index in [9.17, 15) is 22.0 Å². The number of aryl methyl sites for hydroxylation is 1. The van der Waals surface area contributed by atoms with Crippen LogP contribution in [0.5, 0.6) is 0 Å². The Morgan fingerprint density at radius 3 is 2.43 bits per heavy atom. The smallest absolute Gasteiger partial charge is 0.288 e. The first-order valence-electron chi connectivity index (χ1n) is 8.84. The number of benzene rings is 2. The largest absolute Gasteiger partial charge is 0.365 e. The van der Waals surface area contributed by atoms with E-state index in [4.69, 9.17) is 4.74 Å². The van der Waals surface area contributed by atoms with Gasteiger partial charge in [0.25, 0.3) is 21.7 Å². The average Bonchev–Trinajstić information content (AvgIpc) is 2.68. The van der Waals surface area contributed by atoms with Gasteiger partial charge in [-0.3, -0.25) is 9.52 Å². The van der Waals surface area contributed by atoms with Gasteiger partial charge in [0.05, 0.1) is 11.5 Å². The normalized spacial score (nSPS) is 12.4. The number of halogens is 2. The minimum atomic E-state index is -3.97. The van der Waals surface area contributed by atoms with Crippen molar-refractivity contribution in [3.05, 3.63) is 60.7 Å². The van der Waals surface area contributed by atoms with Gasteiger partial charge < -0.3 is 10.1 Å². The van der Waals surface area contributed by atoms with E-state index >= 15 is 0 Å². The Balaban J connectivity index is 2.17. The molecule has 0 aliphatic heterocycles. The Kier molecular flexibility index (Phi) is 8.39. The number of alkyl halides is 2. The molecule has 0 heterocycles. The van der Waals surface area contributed by atoms with E-state index in [2.05, 4.69) is 16.6 Å². The molecule has 30 heavy (non-hydrogen) atoms. The van der Waals surface area contributed by atoms with Crippen molar-refractivity contribution in [3.63, 3.8) is 0 Å². The van der Waals surface area contributed by atoms with Gasteiger partial charge in [-0.25, -0.2) is 8.42 Å². The Labute approximate surface area is 178 Å². The lowest BCUT2D eigenvalue weighted by molar-refractivity contribution is -0.125. The lowest BCUT2D eigenvalue weighted by Gasteiger charge is -2.15. The first-order valence-corrected chi connectivity index (χ1v) is 11.2. The quantitative estimate of drug-likeness (QED) is 0.402. The van der Waals surface area contributed by atoms with Crippen LogP contribution < -0.4 is 10.0 Å². The van der Waals surface area contributed by atoms with Crippen molar-refractivity contribution >= 4 is 39.1 Å².